The third kappa shape index (κ3) is 2.69. The standard InChI is InChI=1S/C13H19P/c1-11(13(2,3)4)14(5)12-9-7-6-8-10-12/h6-10H,1H2,2-5H3. The zero-order chi connectivity index (χ0) is 10.8. The molecule has 1 heteroatoms. The van der Waals surface area contributed by atoms with Crippen LogP contribution >= 0.6 is 7.92 Å². The highest BCUT2D eigenvalue weighted by Gasteiger charge is 2.20. The van der Waals surface area contributed by atoms with Crippen LogP contribution in [0.5, 0.6) is 0 Å². The molecule has 0 nitrogen and oxygen atoms in total. The maximum atomic E-state index is 4.23. The minimum Gasteiger partial charge on any atom is -0.0945 e. The van der Waals surface area contributed by atoms with Gasteiger partial charge in [-0.05, 0) is 22.7 Å². The van der Waals surface area contributed by atoms with Crippen molar-refractivity contribution in [1.82, 2.24) is 0 Å². The van der Waals surface area contributed by atoms with E-state index in [1.54, 1.807) is 0 Å². The van der Waals surface area contributed by atoms with Gasteiger partial charge in [0.1, 0.15) is 0 Å². The first-order valence-electron chi connectivity index (χ1n) is 4.91. The maximum absolute atomic E-state index is 4.23. The highest BCUT2D eigenvalue weighted by molar-refractivity contribution is 7.69. The largest absolute Gasteiger partial charge is 0.0945 e. The third-order valence-electron chi connectivity index (χ3n) is 2.41. The minimum atomic E-state index is -0.219. The Morgan fingerprint density at radius 1 is 1.14 bits per heavy atom. The Morgan fingerprint density at radius 3 is 2.07 bits per heavy atom. The van der Waals surface area contributed by atoms with Crippen LogP contribution in [0.4, 0.5) is 0 Å². The highest BCUT2D eigenvalue weighted by atomic mass is 31.1. The summed E-state index contributed by atoms with van der Waals surface area (Å²) in [6.07, 6.45) is 0. The first-order valence-corrected chi connectivity index (χ1v) is 6.70. The fourth-order valence-electron chi connectivity index (χ4n) is 1.31. The van der Waals surface area contributed by atoms with E-state index in [4.69, 9.17) is 0 Å². The zero-order valence-corrected chi connectivity index (χ0v) is 10.4. The van der Waals surface area contributed by atoms with Gasteiger partial charge in [-0.15, -0.1) is 0 Å². The molecule has 0 heterocycles. The molecule has 0 aromatic heterocycles. The van der Waals surface area contributed by atoms with E-state index < -0.39 is 0 Å². The molecule has 1 atom stereocenters. The second kappa shape index (κ2) is 4.28. The molecule has 1 aromatic rings. The first-order chi connectivity index (χ1) is 6.43. The van der Waals surface area contributed by atoms with Crippen molar-refractivity contribution in [3.63, 3.8) is 0 Å². The molecule has 0 N–H and O–H groups in total. The lowest BCUT2D eigenvalue weighted by Gasteiger charge is -2.27. The molecule has 1 rings (SSSR count). The van der Waals surface area contributed by atoms with Crippen LogP contribution in [-0.4, -0.2) is 6.66 Å². The van der Waals surface area contributed by atoms with Crippen LogP contribution in [0.15, 0.2) is 42.2 Å². The first kappa shape index (κ1) is 11.5. The van der Waals surface area contributed by atoms with E-state index in [1.807, 2.05) is 0 Å². The lowest BCUT2D eigenvalue weighted by molar-refractivity contribution is 0.533. The fourth-order valence-corrected chi connectivity index (χ4v) is 3.25. The molecule has 76 valence electrons. The summed E-state index contributed by atoms with van der Waals surface area (Å²) in [5.74, 6) is 0. The van der Waals surface area contributed by atoms with Crippen LogP contribution in [0.25, 0.3) is 0 Å². The average Bonchev–Trinajstić information content (AvgIpc) is 2.15. The lowest BCUT2D eigenvalue weighted by atomic mass is 9.97. The quantitative estimate of drug-likeness (QED) is 0.642. The van der Waals surface area contributed by atoms with E-state index in [0.717, 1.165) is 0 Å². The van der Waals surface area contributed by atoms with E-state index in [9.17, 15) is 0 Å². The maximum Gasteiger partial charge on any atom is -0.0130 e. The van der Waals surface area contributed by atoms with Crippen LogP contribution in [0.1, 0.15) is 20.8 Å². The van der Waals surface area contributed by atoms with Crippen LogP contribution in [0.2, 0.25) is 0 Å². The Morgan fingerprint density at radius 2 is 1.64 bits per heavy atom. The Labute approximate surface area is 88.8 Å². The molecule has 1 unspecified atom stereocenters. The van der Waals surface area contributed by atoms with Crippen molar-refractivity contribution in [2.45, 2.75) is 20.8 Å². The van der Waals surface area contributed by atoms with Gasteiger partial charge in [-0.25, -0.2) is 0 Å². The van der Waals surface area contributed by atoms with Crippen molar-refractivity contribution >= 4 is 13.2 Å². The summed E-state index contributed by atoms with van der Waals surface area (Å²) < 4.78 is 0. The molecule has 1 aromatic carbocycles. The highest BCUT2D eigenvalue weighted by Crippen LogP contribution is 2.47. The molecule has 0 saturated carbocycles. The Hall–Kier alpha value is -0.610. The Bertz CT molecular complexity index is 306. The lowest BCUT2D eigenvalue weighted by Crippen LogP contribution is -2.11. The minimum absolute atomic E-state index is 0.219. The number of allylic oxidation sites excluding steroid dienone is 1. The molecule has 0 bridgehead atoms. The summed E-state index contributed by atoms with van der Waals surface area (Å²) in [6.45, 7) is 13.2. The summed E-state index contributed by atoms with van der Waals surface area (Å²) in [7, 11) is -0.219. The van der Waals surface area contributed by atoms with Crippen molar-refractivity contribution < 1.29 is 0 Å². The molecule has 0 saturated heterocycles. The molecule has 0 aliphatic heterocycles. The Balaban J connectivity index is 2.87. The number of benzene rings is 1. The molecule has 0 aliphatic rings. The summed E-state index contributed by atoms with van der Waals surface area (Å²) in [5, 5.41) is 2.78. The van der Waals surface area contributed by atoms with Gasteiger partial charge in [-0.3, -0.25) is 0 Å². The van der Waals surface area contributed by atoms with Gasteiger partial charge in [0, 0.05) is 0 Å². The van der Waals surface area contributed by atoms with Crippen molar-refractivity contribution in [1.29, 1.82) is 0 Å². The van der Waals surface area contributed by atoms with Gasteiger partial charge in [0.2, 0.25) is 0 Å². The third-order valence-corrected chi connectivity index (χ3v) is 4.97. The number of hydrogen-bond donors (Lipinski definition) is 0. The summed E-state index contributed by atoms with van der Waals surface area (Å²) in [4.78, 5) is 0. The smallest absolute Gasteiger partial charge is 0.0130 e. The van der Waals surface area contributed by atoms with E-state index in [0.29, 0.717) is 0 Å². The monoisotopic (exact) mass is 206 g/mol. The van der Waals surface area contributed by atoms with Crippen LogP contribution in [0, 0.1) is 5.41 Å². The molecule has 0 aliphatic carbocycles. The van der Waals surface area contributed by atoms with E-state index in [2.05, 4.69) is 64.3 Å². The van der Waals surface area contributed by atoms with Gasteiger partial charge in [0.05, 0.1) is 0 Å². The van der Waals surface area contributed by atoms with Gasteiger partial charge in [-0.2, -0.15) is 0 Å². The van der Waals surface area contributed by atoms with Crippen LogP contribution in [-0.2, 0) is 0 Å². The van der Waals surface area contributed by atoms with E-state index in [-0.39, 0.29) is 13.3 Å². The molecular weight excluding hydrogens is 187 g/mol. The number of rotatable bonds is 2. The van der Waals surface area contributed by atoms with Crippen molar-refractivity contribution in [3.8, 4) is 0 Å². The van der Waals surface area contributed by atoms with Gasteiger partial charge < -0.3 is 0 Å². The van der Waals surface area contributed by atoms with E-state index >= 15 is 0 Å². The predicted octanol–water partition coefficient (Wildman–Crippen LogP) is 3.98. The summed E-state index contributed by atoms with van der Waals surface area (Å²) in [5.41, 5.74) is 0.219. The van der Waals surface area contributed by atoms with Gasteiger partial charge in [0.25, 0.3) is 0 Å². The molecule has 14 heavy (non-hydrogen) atoms. The number of hydrogen-bond acceptors (Lipinski definition) is 0. The summed E-state index contributed by atoms with van der Waals surface area (Å²) >= 11 is 0. The average molecular weight is 206 g/mol. The second-order valence-electron chi connectivity index (χ2n) is 4.59. The predicted molar refractivity (Wildman–Crippen MR) is 67.5 cm³/mol. The van der Waals surface area contributed by atoms with Crippen molar-refractivity contribution in [2.75, 3.05) is 6.66 Å². The second-order valence-corrected chi connectivity index (χ2v) is 6.77. The van der Waals surface area contributed by atoms with Crippen molar-refractivity contribution in [2.24, 2.45) is 5.41 Å². The summed E-state index contributed by atoms with van der Waals surface area (Å²) in [6, 6.07) is 10.7. The normalized spacial score (nSPS) is 13.7. The topological polar surface area (TPSA) is 0 Å². The van der Waals surface area contributed by atoms with Gasteiger partial charge in [0.15, 0.2) is 0 Å². The van der Waals surface area contributed by atoms with Crippen LogP contribution in [0.3, 0.4) is 0 Å². The van der Waals surface area contributed by atoms with Gasteiger partial charge >= 0.3 is 0 Å². The Kier molecular flexibility index (Phi) is 3.50. The van der Waals surface area contributed by atoms with Crippen LogP contribution < -0.4 is 5.30 Å². The molecule has 0 fully saturated rings. The molecule has 0 radical (unpaired) electrons. The molecule has 0 amide bonds. The van der Waals surface area contributed by atoms with Crippen molar-refractivity contribution in [3.05, 3.63) is 42.2 Å². The SMILES string of the molecule is C=C(P(C)c1ccccc1)C(C)(C)C. The molecule has 0 spiro atoms. The molecular formula is C13H19P. The van der Waals surface area contributed by atoms with E-state index in [1.165, 1.54) is 10.6 Å². The van der Waals surface area contributed by atoms with Gasteiger partial charge in [-0.1, -0.05) is 65.6 Å². The zero-order valence-electron chi connectivity index (χ0n) is 9.54. The fraction of sp³-hybridized carbons (Fsp3) is 0.385.